The average Bonchev–Trinajstić information content (AvgIpc) is 3.25. The van der Waals surface area contributed by atoms with E-state index in [1.807, 2.05) is 35.5 Å². The average molecular weight is 300 g/mol. The van der Waals surface area contributed by atoms with Gasteiger partial charge in [-0.05, 0) is 32.8 Å². The summed E-state index contributed by atoms with van der Waals surface area (Å²) >= 11 is 0. The van der Waals surface area contributed by atoms with Gasteiger partial charge in [0.2, 0.25) is 5.95 Å². The fourth-order valence-corrected chi connectivity index (χ4v) is 2.72. The molecule has 0 aromatic carbocycles. The molecule has 0 aliphatic carbocycles. The van der Waals surface area contributed by atoms with E-state index >= 15 is 0 Å². The lowest BCUT2D eigenvalue weighted by atomic mass is 10.1. The molecule has 1 saturated heterocycles. The molecule has 6 nitrogen and oxygen atoms in total. The molecule has 0 bridgehead atoms. The maximum absolute atomic E-state index is 4.49. The van der Waals surface area contributed by atoms with Gasteiger partial charge in [-0.3, -0.25) is 4.68 Å². The van der Waals surface area contributed by atoms with E-state index in [9.17, 15) is 0 Å². The Hall–Kier alpha value is -1.95. The van der Waals surface area contributed by atoms with Crippen molar-refractivity contribution >= 4 is 5.95 Å². The highest BCUT2D eigenvalue weighted by molar-refractivity contribution is 5.30. The van der Waals surface area contributed by atoms with E-state index < -0.39 is 0 Å². The molecule has 2 aromatic rings. The van der Waals surface area contributed by atoms with Gasteiger partial charge in [-0.2, -0.15) is 5.10 Å². The van der Waals surface area contributed by atoms with E-state index in [0.29, 0.717) is 12.1 Å². The van der Waals surface area contributed by atoms with Crippen LogP contribution in [-0.2, 0) is 6.54 Å². The van der Waals surface area contributed by atoms with Crippen molar-refractivity contribution in [2.75, 3.05) is 18.0 Å². The number of nitrogens with one attached hydrogen (secondary N) is 1. The van der Waals surface area contributed by atoms with Crippen molar-refractivity contribution in [1.82, 2.24) is 25.1 Å². The van der Waals surface area contributed by atoms with Crippen LogP contribution >= 0.6 is 0 Å². The highest BCUT2D eigenvalue weighted by Gasteiger charge is 2.15. The first kappa shape index (κ1) is 15.0. The van der Waals surface area contributed by atoms with Crippen molar-refractivity contribution in [3.05, 3.63) is 36.4 Å². The molecule has 2 atom stereocenters. The summed E-state index contributed by atoms with van der Waals surface area (Å²) in [5.41, 5.74) is 1.11. The molecule has 0 amide bonds. The lowest BCUT2D eigenvalue weighted by Gasteiger charge is -2.22. The van der Waals surface area contributed by atoms with Crippen molar-refractivity contribution in [2.24, 2.45) is 0 Å². The van der Waals surface area contributed by atoms with Gasteiger partial charge in [0.05, 0.1) is 6.04 Å². The second-order valence-electron chi connectivity index (χ2n) is 5.98. The van der Waals surface area contributed by atoms with Crippen LogP contribution in [0.5, 0.6) is 0 Å². The number of hydrogen-bond donors (Lipinski definition) is 1. The first-order valence-electron chi connectivity index (χ1n) is 8.02. The highest BCUT2D eigenvalue weighted by Crippen LogP contribution is 2.15. The Morgan fingerprint density at radius 3 is 2.55 bits per heavy atom. The Balaban J connectivity index is 1.52. The third kappa shape index (κ3) is 3.44. The molecule has 1 aliphatic rings. The fourth-order valence-electron chi connectivity index (χ4n) is 2.72. The molecule has 118 valence electrons. The van der Waals surface area contributed by atoms with Gasteiger partial charge in [-0.25, -0.2) is 9.97 Å². The van der Waals surface area contributed by atoms with Crippen LogP contribution in [0.15, 0.2) is 30.9 Å². The zero-order valence-corrected chi connectivity index (χ0v) is 13.3. The van der Waals surface area contributed by atoms with E-state index in [1.54, 1.807) is 0 Å². The SMILES string of the molecule is C[C@@H](NCc1cnc(N2CCCC2)nc1)[C@H](C)n1cccn1. The Morgan fingerprint density at radius 2 is 1.91 bits per heavy atom. The van der Waals surface area contributed by atoms with Crippen molar-refractivity contribution in [1.29, 1.82) is 0 Å². The van der Waals surface area contributed by atoms with Crippen LogP contribution in [0.4, 0.5) is 5.95 Å². The van der Waals surface area contributed by atoms with Gasteiger partial charge < -0.3 is 10.2 Å². The van der Waals surface area contributed by atoms with Crippen LogP contribution < -0.4 is 10.2 Å². The minimum absolute atomic E-state index is 0.305. The van der Waals surface area contributed by atoms with Gasteiger partial charge in [-0.1, -0.05) is 0 Å². The van der Waals surface area contributed by atoms with Crippen molar-refractivity contribution < 1.29 is 0 Å². The topological polar surface area (TPSA) is 58.9 Å². The largest absolute Gasteiger partial charge is 0.341 e. The molecule has 1 aliphatic heterocycles. The third-order valence-corrected chi connectivity index (χ3v) is 4.37. The molecular weight excluding hydrogens is 276 g/mol. The van der Waals surface area contributed by atoms with Gasteiger partial charge in [0.1, 0.15) is 0 Å². The van der Waals surface area contributed by atoms with E-state index in [-0.39, 0.29) is 0 Å². The van der Waals surface area contributed by atoms with Gasteiger partial charge in [0.25, 0.3) is 0 Å². The molecule has 0 unspecified atom stereocenters. The van der Waals surface area contributed by atoms with Crippen LogP contribution in [0.3, 0.4) is 0 Å². The monoisotopic (exact) mass is 300 g/mol. The van der Waals surface area contributed by atoms with Gasteiger partial charge >= 0.3 is 0 Å². The summed E-state index contributed by atoms with van der Waals surface area (Å²) in [5.74, 6) is 0.860. The molecule has 0 spiro atoms. The summed E-state index contributed by atoms with van der Waals surface area (Å²) in [5, 5.41) is 7.82. The third-order valence-electron chi connectivity index (χ3n) is 4.37. The summed E-state index contributed by atoms with van der Waals surface area (Å²) in [6, 6.07) is 2.58. The van der Waals surface area contributed by atoms with E-state index in [1.165, 1.54) is 12.8 Å². The summed E-state index contributed by atoms with van der Waals surface area (Å²) in [6.07, 6.45) is 10.2. The summed E-state index contributed by atoms with van der Waals surface area (Å²) in [4.78, 5) is 11.2. The second kappa shape index (κ2) is 6.87. The van der Waals surface area contributed by atoms with E-state index in [2.05, 4.69) is 39.1 Å². The molecular formula is C16H24N6. The van der Waals surface area contributed by atoms with Gasteiger partial charge in [0, 0.05) is 56.0 Å². The Bertz CT molecular complexity index is 559. The predicted molar refractivity (Wildman–Crippen MR) is 86.7 cm³/mol. The first-order chi connectivity index (χ1) is 10.7. The zero-order valence-electron chi connectivity index (χ0n) is 13.3. The molecule has 0 saturated carbocycles. The molecule has 3 heterocycles. The van der Waals surface area contributed by atoms with Gasteiger partial charge in [-0.15, -0.1) is 0 Å². The van der Waals surface area contributed by atoms with E-state index in [0.717, 1.165) is 31.1 Å². The van der Waals surface area contributed by atoms with Crippen LogP contribution in [0.1, 0.15) is 38.3 Å². The van der Waals surface area contributed by atoms with Crippen molar-refractivity contribution in [2.45, 2.75) is 45.3 Å². The Kier molecular flexibility index (Phi) is 4.68. The number of anilines is 1. The quantitative estimate of drug-likeness (QED) is 0.884. The first-order valence-corrected chi connectivity index (χ1v) is 8.02. The van der Waals surface area contributed by atoms with E-state index in [4.69, 9.17) is 0 Å². The number of hydrogen-bond acceptors (Lipinski definition) is 5. The smallest absolute Gasteiger partial charge is 0.225 e. The Morgan fingerprint density at radius 1 is 1.18 bits per heavy atom. The number of rotatable bonds is 6. The minimum Gasteiger partial charge on any atom is -0.341 e. The molecule has 1 N–H and O–H groups in total. The minimum atomic E-state index is 0.305. The number of nitrogens with zero attached hydrogens (tertiary/aromatic N) is 5. The van der Waals surface area contributed by atoms with Crippen molar-refractivity contribution in [3.8, 4) is 0 Å². The second-order valence-corrected chi connectivity index (χ2v) is 5.98. The molecule has 1 fully saturated rings. The summed E-state index contributed by atoms with van der Waals surface area (Å²) in [6.45, 7) is 7.27. The highest BCUT2D eigenvalue weighted by atomic mass is 15.3. The molecule has 6 heteroatoms. The Labute approximate surface area is 131 Å². The molecule has 3 rings (SSSR count). The standard InChI is InChI=1S/C16H24N6/c1-13(14(2)22-9-5-6-20-22)17-10-15-11-18-16(19-12-15)21-7-3-4-8-21/h5-6,9,11-14,17H,3-4,7-8,10H2,1-2H3/t13-,14+/m1/s1. The number of aromatic nitrogens is 4. The lowest BCUT2D eigenvalue weighted by Crippen LogP contribution is -2.33. The molecule has 22 heavy (non-hydrogen) atoms. The maximum Gasteiger partial charge on any atom is 0.225 e. The maximum atomic E-state index is 4.49. The van der Waals surface area contributed by atoms with Crippen LogP contribution in [-0.4, -0.2) is 38.9 Å². The molecule has 2 aromatic heterocycles. The predicted octanol–water partition coefficient (Wildman–Crippen LogP) is 2.01. The van der Waals surface area contributed by atoms with Crippen LogP contribution in [0, 0.1) is 0 Å². The zero-order chi connectivity index (χ0) is 15.4. The van der Waals surface area contributed by atoms with Crippen LogP contribution in [0.25, 0.3) is 0 Å². The normalized spacial score (nSPS) is 17.6. The van der Waals surface area contributed by atoms with Gasteiger partial charge in [0.15, 0.2) is 0 Å². The molecule has 0 radical (unpaired) electrons. The fraction of sp³-hybridized carbons (Fsp3) is 0.562. The summed E-state index contributed by atoms with van der Waals surface area (Å²) < 4.78 is 1.98. The summed E-state index contributed by atoms with van der Waals surface area (Å²) in [7, 11) is 0. The van der Waals surface area contributed by atoms with Crippen LogP contribution in [0.2, 0.25) is 0 Å². The van der Waals surface area contributed by atoms with Crippen molar-refractivity contribution in [3.63, 3.8) is 0 Å². The lowest BCUT2D eigenvalue weighted by molar-refractivity contribution is 0.365.